The summed E-state index contributed by atoms with van der Waals surface area (Å²) in [7, 11) is 0. The van der Waals surface area contributed by atoms with Gasteiger partial charge in [-0.3, -0.25) is 0 Å². The number of rotatable bonds is 5. The van der Waals surface area contributed by atoms with Crippen LogP contribution in [-0.2, 0) is 6.42 Å². The molecule has 2 N–H and O–H groups in total. The minimum Gasteiger partial charge on any atom is -0.492 e. The van der Waals surface area contributed by atoms with Crippen molar-refractivity contribution in [3.8, 4) is 5.75 Å². The zero-order chi connectivity index (χ0) is 13.7. The average molecular weight is 276 g/mol. The number of nitrogens with two attached hydrogens (primary N) is 1. The second-order valence-corrected chi connectivity index (χ2v) is 5.04. The zero-order valence-corrected chi connectivity index (χ0v) is 11.8. The Kier molecular flexibility index (Phi) is 4.69. The van der Waals surface area contributed by atoms with Crippen LogP contribution in [0.15, 0.2) is 42.5 Å². The molecule has 0 aliphatic rings. The van der Waals surface area contributed by atoms with Gasteiger partial charge in [-0.1, -0.05) is 29.8 Å². The smallest absolute Gasteiger partial charge is 0.137 e. The minimum atomic E-state index is 0.650. The second kappa shape index (κ2) is 6.48. The van der Waals surface area contributed by atoms with E-state index in [1.54, 1.807) is 0 Å². The molecule has 2 nitrogen and oxygen atoms in total. The molecule has 100 valence electrons. The van der Waals surface area contributed by atoms with Crippen LogP contribution in [0.2, 0.25) is 5.02 Å². The fourth-order valence-corrected chi connectivity index (χ4v) is 2.22. The van der Waals surface area contributed by atoms with Gasteiger partial charge in [-0.2, -0.15) is 0 Å². The molecule has 0 unspecified atom stereocenters. The number of hydrogen-bond acceptors (Lipinski definition) is 2. The van der Waals surface area contributed by atoms with Gasteiger partial charge in [0.1, 0.15) is 5.75 Å². The van der Waals surface area contributed by atoms with Crippen molar-refractivity contribution in [1.82, 2.24) is 0 Å². The summed E-state index contributed by atoms with van der Waals surface area (Å²) in [5.74, 6) is 0.750. The fraction of sp³-hybridized carbons (Fsp3) is 0.250. The maximum absolute atomic E-state index is 6.10. The van der Waals surface area contributed by atoms with Crippen molar-refractivity contribution in [2.24, 2.45) is 0 Å². The van der Waals surface area contributed by atoms with Gasteiger partial charge in [0.05, 0.1) is 11.6 Å². The normalized spacial score (nSPS) is 10.4. The highest BCUT2D eigenvalue weighted by molar-refractivity contribution is 6.32. The number of aryl methyl sites for hydroxylation is 2. The van der Waals surface area contributed by atoms with Crippen molar-refractivity contribution < 1.29 is 4.74 Å². The molecular formula is C16H18ClNO. The van der Waals surface area contributed by atoms with E-state index in [0.29, 0.717) is 11.6 Å². The van der Waals surface area contributed by atoms with Crippen molar-refractivity contribution in [3.05, 3.63) is 58.6 Å². The van der Waals surface area contributed by atoms with E-state index in [0.717, 1.165) is 29.8 Å². The summed E-state index contributed by atoms with van der Waals surface area (Å²) in [6.07, 6.45) is 1.89. The van der Waals surface area contributed by atoms with Gasteiger partial charge in [0.25, 0.3) is 0 Å². The van der Waals surface area contributed by atoms with Crippen LogP contribution in [0, 0.1) is 6.92 Å². The lowest BCUT2D eigenvalue weighted by atomic mass is 10.1. The first-order chi connectivity index (χ1) is 9.15. The highest BCUT2D eigenvalue weighted by Gasteiger charge is 2.01. The lowest BCUT2D eigenvalue weighted by molar-refractivity contribution is 0.311. The van der Waals surface area contributed by atoms with Crippen LogP contribution in [0.3, 0.4) is 0 Å². The Morgan fingerprint density at radius 1 is 1.16 bits per heavy atom. The third-order valence-corrected chi connectivity index (χ3v) is 3.20. The molecule has 0 aliphatic carbocycles. The second-order valence-electron chi connectivity index (χ2n) is 4.63. The number of ether oxygens (including phenoxy) is 1. The summed E-state index contributed by atoms with van der Waals surface area (Å²) in [6.45, 7) is 2.66. The molecule has 0 aromatic heterocycles. The Balaban J connectivity index is 1.81. The summed E-state index contributed by atoms with van der Waals surface area (Å²) < 4.78 is 5.68. The zero-order valence-electron chi connectivity index (χ0n) is 11.0. The number of benzene rings is 2. The fourth-order valence-electron chi connectivity index (χ4n) is 1.93. The summed E-state index contributed by atoms with van der Waals surface area (Å²) >= 11 is 6.10. The Labute approximate surface area is 119 Å². The van der Waals surface area contributed by atoms with Crippen molar-refractivity contribution in [1.29, 1.82) is 0 Å². The van der Waals surface area contributed by atoms with Crippen molar-refractivity contribution in [2.45, 2.75) is 19.8 Å². The first-order valence-corrected chi connectivity index (χ1v) is 6.76. The summed E-state index contributed by atoms with van der Waals surface area (Å²) in [5.41, 5.74) is 8.92. The largest absolute Gasteiger partial charge is 0.492 e. The van der Waals surface area contributed by atoms with E-state index in [1.807, 2.05) is 43.3 Å². The summed E-state index contributed by atoms with van der Waals surface area (Å²) in [6, 6.07) is 13.8. The van der Waals surface area contributed by atoms with Gasteiger partial charge in [-0.15, -0.1) is 0 Å². The molecule has 3 heteroatoms. The van der Waals surface area contributed by atoms with E-state index in [1.165, 1.54) is 5.56 Å². The Hall–Kier alpha value is -1.67. The highest BCUT2D eigenvalue weighted by Crippen LogP contribution is 2.25. The van der Waals surface area contributed by atoms with Gasteiger partial charge in [-0.25, -0.2) is 0 Å². The van der Waals surface area contributed by atoms with E-state index in [4.69, 9.17) is 22.1 Å². The Morgan fingerprint density at radius 2 is 2.00 bits per heavy atom. The lowest BCUT2D eigenvalue weighted by Crippen LogP contribution is -2.00. The number of hydrogen-bond donors (Lipinski definition) is 1. The molecule has 0 saturated carbocycles. The molecule has 19 heavy (non-hydrogen) atoms. The first-order valence-electron chi connectivity index (χ1n) is 6.38. The van der Waals surface area contributed by atoms with Crippen LogP contribution in [-0.4, -0.2) is 6.61 Å². The van der Waals surface area contributed by atoms with E-state index in [2.05, 4.69) is 6.07 Å². The molecule has 2 rings (SSSR count). The van der Waals surface area contributed by atoms with Crippen LogP contribution >= 0.6 is 11.6 Å². The van der Waals surface area contributed by atoms with Crippen LogP contribution < -0.4 is 10.5 Å². The maximum atomic E-state index is 6.10. The van der Waals surface area contributed by atoms with Gasteiger partial charge < -0.3 is 10.5 Å². The molecule has 0 atom stereocenters. The number of anilines is 1. The Morgan fingerprint density at radius 3 is 2.74 bits per heavy atom. The quantitative estimate of drug-likeness (QED) is 0.654. The predicted molar refractivity (Wildman–Crippen MR) is 80.9 cm³/mol. The van der Waals surface area contributed by atoms with E-state index in [9.17, 15) is 0 Å². The van der Waals surface area contributed by atoms with E-state index >= 15 is 0 Å². The molecule has 0 amide bonds. The van der Waals surface area contributed by atoms with Gasteiger partial charge in [-0.05, 0) is 55.2 Å². The number of nitrogen functional groups attached to an aromatic ring is 1. The van der Waals surface area contributed by atoms with Crippen LogP contribution in [0.4, 0.5) is 5.69 Å². The van der Waals surface area contributed by atoms with Crippen LogP contribution in [0.25, 0.3) is 0 Å². The van der Waals surface area contributed by atoms with Gasteiger partial charge in [0.15, 0.2) is 0 Å². The third kappa shape index (κ3) is 4.18. The monoisotopic (exact) mass is 275 g/mol. The third-order valence-electron chi connectivity index (χ3n) is 2.91. The molecule has 0 radical (unpaired) electrons. The first kappa shape index (κ1) is 13.8. The van der Waals surface area contributed by atoms with Gasteiger partial charge in [0.2, 0.25) is 0 Å². The molecule has 2 aromatic rings. The minimum absolute atomic E-state index is 0.650. The maximum Gasteiger partial charge on any atom is 0.137 e. The molecule has 0 spiro atoms. The van der Waals surface area contributed by atoms with E-state index < -0.39 is 0 Å². The topological polar surface area (TPSA) is 35.2 Å². The van der Waals surface area contributed by atoms with Gasteiger partial charge in [0, 0.05) is 5.69 Å². The number of halogens is 1. The van der Waals surface area contributed by atoms with Crippen LogP contribution in [0.1, 0.15) is 17.5 Å². The van der Waals surface area contributed by atoms with Gasteiger partial charge >= 0.3 is 0 Å². The average Bonchev–Trinajstić information content (AvgIpc) is 2.37. The molecule has 0 saturated heterocycles. The predicted octanol–water partition coefficient (Wildman–Crippen LogP) is 4.24. The van der Waals surface area contributed by atoms with E-state index in [-0.39, 0.29) is 0 Å². The summed E-state index contributed by atoms with van der Waals surface area (Å²) in [4.78, 5) is 0. The molecular weight excluding hydrogens is 258 g/mol. The van der Waals surface area contributed by atoms with Crippen LogP contribution in [0.5, 0.6) is 5.75 Å². The van der Waals surface area contributed by atoms with Crippen molar-refractivity contribution >= 4 is 17.3 Å². The summed E-state index contributed by atoms with van der Waals surface area (Å²) in [5, 5.41) is 0.670. The molecule has 0 heterocycles. The van der Waals surface area contributed by atoms with Crippen molar-refractivity contribution in [2.75, 3.05) is 12.3 Å². The highest BCUT2D eigenvalue weighted by atomic mass is 35.5. The standard InChI is InChI=1S/C16H18ClNO/c1-12-7-8-16(15(17)10-12)19-9-3-5-13-4-2-6-14(18)11-13/h2,4,6-8,10-11H,3,5,9,18H2,1H3. The van der Waals surface area contributed by atoms with Crippen molar-refractivity contribution in [3.63, 3.8) is 0 Å². The molecule has 2 aromatic carbocycles. The molecule has 0 aliphatic heterocycles. The lowest BCUT2D eigenvalue weighted by Gasteiger charge is -2.08. The molecule has 0 bridgehead atoms. The SMILES string of the molecule is Cc1ccc(OCCCc2cccc(N)c2)c(Cl)c1. The molecule has 0 fully saturated rings. The Bertz CT molecular complexity index is 554.